The van der Waals surface area contributed by atoms with E-state index in [1.807, 2.05) is 0 Å². The molecule has 0 heterocycles. The van der Waals surface area contributed by atoms with Crippen molar-refractivity contribution in [3.05, 3.63) is 29.1 Å². The highest BCUT2D eigenvalue weighted by molar-refractivity contribution is 8.10. The van der Waals surface area contributed by atoms with Crippen LogP contribution >= 0.6 is 0 Å². The van der Waals surface area contributed by atoms with Gasteiger partial charge in [-0.2, -0.15) is 3.71 Å². The highest BCUT2D eigenvalue weighted by Gasteiger charge is 2.36. The van der Waals surface area contributed by atoms with E-state index in [0.717, 1.165) is 13.2 Å². The van der Waals surface area contributed by atoms with E-state index >= 15 is 0 Å². The second-order valence-corrected chi connectivity index (χ2v) is 9.52. The lowest BCUT2D eigenvalue weighted by atomic mass is 10.1. The predicted octanol–water partition coefficient (Wildman–Crippen LogP) is 2.21. The van der Waals surface area contributed by atoms with Crippen molar-refractivity contribution in [2.45, 2.75) is 33.6 Å². The Balaban J connectivity index is 3.77. The van der Waals surface area contributed by atoms with Gasteiger partial charge in [-0.1, -0.05) is 19.9 Å². The second kappa shape index (κ2) is 8.13. The van der Waals surface area contributed by atoms with E-state index in [-0.39, 0.29) is 22.1 Å². The third-order valence-corrected chi connectivity index (χ3v) is 7.96. The summed E-state index contributed by atoms with van der Waals surface area (Å²) < 4.78 is 69.5. The van der Waals surface area contributed by atoms with Gasteiger partial charge in [0.1, 0.15) is 11.3 Å². The molecule has 0 aliphatic rings. The Bertz CT molecular complexity index is 813. The van der Waals surface area contributed by atoms with Crippen LogP contribution in [0.15, 0.2) is 12.1 Å². The zero-order valence-corrected chi connectivity index (χ0v) is 16.2. The highest BCUT2D eigenvalue weighted by atomic mass is 32.3. The molecule has 0 N–H and O–H groups in total. The number of aryl methyl sites for hydroxylation is 1. The van der Waals surface area contributed by atoms with Gasteiger partial charge in [0.15, 0.2) is 5.82 Å². The minimum absolute atomic E-state index is 0.105. The number of methoxy groups -OCH3 is 1. The number of carbonyl (C=O) groups excluding carboxylic acids is 1. The first kappa shape index (κ1) is 21.4. The molecule has 0 aliphatic heterocycles. The maximum Gasteiger partial charge on any atom is 0.341 e. The summed E-state index contributed by atoms with van der Waals surface area (Å²) >= 11 is 0. The average molecular weight is 395 g/mol. The third kappa shape index (κ3) is 4.49. The lowest BCUT2D eigenvalue weighted by Gasteiger charge is -2.25. The van der Waals surface area contributed by atoms with E-state index in [4.69, 9.17) is 0 Å². The van der Waals surface area contributed by atoms with E-state index in [2.05, 4.69) is 4.74 Å². The van der Waals surface area contributed by atoms with Crippen LogP contribution in [0.4, 0.5) is 10.1 Å². The number of ether oxygens (including phenoxy) is 1. The molecule has 25 heavy (non-hydrogen) atoms. The molecule has 0 saturated carbocycles. The van der Waals surface area contributed by atoms with E-state index in [1.54, 1.807) is 13.8 Å². The first-order valence-electron chi connectivity index (χ1n) is 7.66. The number of hydrogen-bond donors (Lipinski definition) is 0. The number of anilines is 1. The summed E-state index contributed by atoms with van der Waals surface area (Å²) in [6, 6.07) is 2.32. The van der Waals surface area contributed by atoms with Crippen LogP contribution in [-0.2, 0) is 24.8 Å². The van der Waals surface area contributed by atoms with Gasteiger partial charge in [-0.3, -0.25) is 0 Å². The number of halogens is 1. The van der Waals surface area contributed by atoms with Gasteiger partial charge in [-0.25, -0.2) is 26.0 Å². The zero-order valence-electron chi connectivity index (χ0n) is 14.6. The average Bonchev–Trinajstić information content (AvgIpc) is 2.49. The number of benzene rings is 1. The van der Waals surface area contributed by atoms with E-state index in [1.165, 1.54) is 13.0 Å². The number of rotatable bonds is 8. The summed E-state index contributed by atoms with van der Waals surface area (Å²) in [6.45, 7) is 4.56. The van der Waals surface area contributed by atoms with E-state index in [9.17, 15) is 26.0 Å². The molecule has 1 rings (SSSR count). The van der Waals surface area contributed by atoms with Gasteiger partial charge in [0, 0.05) is 0 Å². The van der Waals surface area contributed by atoms with Gasteiger partial charge in [0.25, 0.3) is 0 Å². The van der Waals surface area contributed by atoms with Crippen molar-refractivity contribution in [3.8, 4) is 0 Å². The summed E-state index contributed by atoms with van der Waals surface area (Å²) in [5.41, 5.74) is -0.995. The summed E-state index contributed by atoms with van der Waals surface area (Å²) in [5, 5.41) is 0. The molecule has 0 saturated heterocycles. The van der Waals surface area contributed by atoms with Gasteiger partial charge in [0.2, 0.25) is 20.0 Å². The summed E-state index contributed by atoms with van der Waals surface area (Å²) in [5.74, 6) is -3.21. The molecule has 0 amide bonds. The van der Waals surface area contributed by atoms with E-state index < -0.39 is 54.6 Å². The Morgan fingerprint density at radius 2 is 1.56 bits per heavy atom. The van der Waals surface area contributed by atoms with Crippen molar-refractivity contribution in [3.63, 3.8) is 0 Å². The Morgan fingerprint density at radius 3 is 1.96 bits per heavy atom. The zero-order chi connectivity index (χ0) is 19.4. The SMILES string of the molecule is CCCS(=O)(=O)N(c1ccc(C)c(C(=O)OC)c1F)S(=O)(=O)CCC. The van der Waals surface area contributed by atoms with Crippen molar-refractivity contribution < 1.29 is 30.8 Å². The first-order chi connectivity index (χ1) is 11.5. The Kier molecular flexibility index (Phi) is 6.95. The molecular weight excluding hydrogens is 373 g/mol. The van der Waals surface area contributed by atoms with Crippen LogP contribution in [0.5, 0.6) is 0 Å². The fourth-order valence-corrected chi connectivity index (χ4v) is 6.39. The lowest BCUT2D eigenvalue weighted by molar-refractivity contribution is 0.0594. The quantitative estimate of drug-likeness (QED) is 0.626. The monoisotopic (exact) mass is 395 g/mol. The molecule has 0 spiro atoms. The molecule has 10 heteroatoms. The number of hydrogen-bond acceptors (Lipinski definition) is 6. The fraction of sp³-hybridized carbons (Fsp3) is 0.533. The van der Waals surface area contributed by atoms with Crippen LogP contribution in [0.3, 0.4) is 0 Å². The fourth-order valence-electron chi connectivity index (χ4n) is 2.31. The third-order valence-electron chi connectivity index (χ3n) is 3.35. The molecule has 0 unspecified atom stereocenters. The molecule has 7 nitrogen and oxygen atoms in total. The minimum Gasteiger partial charge on any atom is -0.465 e. The molecule has 0 aliphatic carbocycles. The molecule has 0 radical (unpaired) electrons. The van der Waals surface area contributed by atoms with Crippen molar-refractivity contribution in [2.75, 3.05) is 22.3 Å². The molecule has 0 aromatic heterocycles. The topological polar surface area (TPSA) is 97.8 Å². The van der Waals surface area contributed by atoms with Crippen LogP contribution in [0.1, 0.15) is 42.6 Å². The molecule has 1 aromatic carbocycles. The molecule has 0 bridgehead atoms. The minimum atomic E-state index is -4.34. The Hall–Kier alpha value is -1.68. The standard InChI is InChI=1S/C15H22FNO6S2/c1-5-9-24(19,20)17(25(21,22)10-6-2)12-8-7-11(3)13(14(12)16)15(18)23-4/h7-8H,5-6,9-10H2,1-4H3. The molecule has 0 atom stereocenters. The van der Waals surface area contributed by atoms with Crippen LogP contribution in [-0.4, -0.2) is 41.4 Å². The molecule has 142 valence electrons. The van der Waals surface area contributed by atoms with Crippen molar-refractivity contribution in [1.82, 2.24) is 0 Å². The molecular formula is C15H22FNO6S2. The van der Waals surface area contributed by atoms with Gasteiger partial charge >= 0.3 is 5.97 Å². The Labute approximate surface area is 147 Å². The van der Waals surface area contributed by atoms with Crippen LogP contribution in [0, 0.1) is 12.7 Å². The number of esters is 1. The number of carbonyl (C=O) groups is 1. The summed E-state index contributed by atoms with van der Waals surface area (Å²) in [6.07, 6.45) is 0.301. The van der Waals surface area contributed by atoms with E-state index in [0.29, 0.717) is 0 Å². The van der Waals surface area contributed by atoms with Crippen LogP contribution in [0.2, 0.25) is 0 Å². The number of sulfonamides is 2. The van der Waals surface area contributed by atoms with Crippen molar-refractivity contribution in [1.29, 1.82) is 0 Å². The smallest absolute Gasteiger partial charge is 0.341 e. The van der Waals surface area contributed by atoms with Gasteiger partial charge in [0.05, 0.1) is 18.6 Å². The second-order valence-electron chi connectivity index (χ2n) is 5.41. The predicted molar refractivity (Wildman–Crippen MR) is 93.1 cm³/mol. The van der Waals surface area contributed by atoms with Gasteiger partial charge in [-0.05, 0) is 31.4 Å². The Morgan fingerprint density at radius 1 is 1.08 bits per heavy atom. The highest BCUT2D eigenvalue weighted by Crippen LogP contribution is 2.30. The van der Waals surface area contributed by atoms with Crippen LogP contribution in [0.25, 0.3) is 0 Å². The molecule has 0 fully saturated rings. The maximum atomic E-state index is 14.9. The molecule has 1 aromatic rings. The van der Waals surface area contributed by atoms with Crippen molar-refractivity contribution >= 4 is 31.7 Å². The summed E-state index contributed by atoms with van der Waals surface area (Å²) in [4.78, 5) is 11.8. The van der Waals surface area contributed by atoms with Gasteiger partial charge in [-0.15, -0.1) is 0 Å². The first-order valence-corrected chi connectivity index (χ1v) is 10.9. The maximum absolute atomic E-state index is 14.9. The largest absolute Gasteiger partial charge is 0.465 e. The van der Waals surface area contributed by atoms with Crippen LogP contribution < -0.4 is 3.71 Å². The van der Waals surface area contributed by atoms with Gasteiger partial charge < -0.3 is 4.74 Å². The normalized spacial score (nSPS) is 12.0. The summed E-state index contributed by atoms with van der Waals surface area (Å²) in [7, 11) is -7.62. The lowest BCUT2D eigenvalue weighted by Crippen LogP contribution is -2.40. The number of nitrogens with zero attached hydrogens (tertiary/aromatic N) is 1. The van der Waals surface area contributed by atoms with Crippen molar-refractivity contribution in [2.24, 2.45) is 0 Å².